The van der Waals surface area contributed by atoms with E-state index in [0.29, 0.717) is 11.3 Å². The largest absolute Gasteiger partial charge is 0.313 e. The fourth-order valence-electron chi connectivity index (χ4n) is 2.52. The van der Waals surface area contributed by atoms with Gasteiger partial charge in [-0.15, -0.1) is 0 Å². The van der Waals surface area contributed by atoms with Crippen molar-refractivity contribution in [3.63, 3.8) is 0 Å². The van der Waals surface area contributed by atoms with Gasteiger partial charge in [0.15, 0.2) is 0 Å². The molecule has 2 aromatic rings. The lowest BCUT2D eigenvalue weighted by Gasteiger charge is -2.18. The number of nitrogens with zero attached hydrogens (tertiary/aromatic N) is 2. The van der Waals surface area contributed by atoms with Crippen molar-refractivity contribution in [1.29, 1.82) is 0 Å². The van der Waals surface area contributed by atoms with Crippen molar-refractivity contribution in [3.8, 4) is 0 Å². The molecular formula is C17H27N3S. The van der Waals surface area contributed by atoms with Crippen molar-refractivity contribution in [1.82, 2.24) is 15.1 Å². The fraction of sp³-hybridized carbons (Fsp3) is 0.588. The van der Waals surface area contributed by atoms with E-state index in [4.69, 9.17) is 5.10 Å². The SMILES string of the molecule is CCCNC(CSC(C)C)Cc1nn(C)c2ccccc12. The Bertz CT molecular complexity index is 562. The molecule has 0 bridgehead atoms. The van der Waals surface area contributed by atoms with E-state index in [9.17, 15) is 0 Å². The molecule has 1 heterocycles. The van der Waals surface area contributed by atoms with Crippen LogP contribution in [0.4, 0.5) is 0 Å². The molecule has 116 valence electrons. The van der Waals surface area contributed by atoms with Gasteiger partial charge in [0.25, 0.3) is 0 Å². The first-order valence-electron chi connectivity index (χ1n) is 7.87. The van der Waals surface area contributed by atoms with Crippen LogP contribution in [0, 0.1) is 0 Å². The molecule has 0 saturated heterocycles. The van der Waals surface area contributed by atoms with E-state index < -0.39 is 0 Å². The van der Waals surface area contributed by atoms with Crippen LogP contribution in [0.15, 0.2) is 24.3 Å². The third-order valence-electron chi connectivity index (χ3n) is 3.59. The zero-order valence-electron chi connectivity index (χ0n) is 13.6. The molecule has 1 atom stereocenters. The van der Waals surface area contributed by atoms with Crippen LogP contribution in [-0.4, -0.2) is 33.4 Å². The maximum absolute atomic E-state index is 4.73. The number of para-hydroxylation sites is 1. The summed E-state index contributed by atoms with van der Waals surface area (Å²) in [5.41, 5.74) is 2.43. The Morgan fingerprint density at radius 1 is 1.29 bits per heavy atom. The molecule has 0 aliphatic carbocycles. The number of benzene rings is 1. The number of hydrogen-bond acceptors (Lipinski definition) is 3. The Hall–Kier alpha value is -1.00. The summed E-state index contributed by atoms with van der Waals surface area (Å²) >= 11 is 2.02. The molecule has 0 fully saturated rings. The number of fused-ring (bicyclic) bond motifs is 1. The van der Waals surface area contributed by atoms with Crippen LogP contribution in [-0.2, 0) is 13.5 Å². The molecule has 1 aromatic heterocycles. The van der Waals surface area contributed by atoms with Crippen LogP contribution in [0.1, 0.15) is 32.9 Å². The predicted molar refractivity (Wildman–Crippen MR) is 94.1 cm³/mol. The minimum Gasteiger partial charge on any atom is -0.313 e. The molecule has 3 nitrogen and oxygen atoms in total. The summed E-state index contributed by atoms with van der Waals surface area (Å²) in [7, 11) is 2.03. The summed E-state index contributed by atoms with van der Waals surface area (Å²) in [4.78, 5) is 0. The predicted octanol–water partition coefficient (Wildman–Crippen LogP) is 3.63. The van der Waals surface area contributed by atoms with Gasteiger partial charge in [-0.05, 0) is 24.3 Å². The second-order valence-corrected chi connectivity index (χ2v) is 7.43. The second-order valence-electron chi connectivity index (χ2n) is 5.82. The topological polar surface area (TPSA) is 29.9 Å². The van der Waals surface area contributed by atoms with Crippen LogP contribution in [0.2, 0.25) is 0 Å². The third-order valence-corrected chi connectivity index (χ3v) is 4.85. The first-order valence-corrected chi connectivity index (χ1v) is 8.92. The van der Waals surface area contributed by atoms with Gasteiger partial charge in [-0.3, -0.25) is 4.68 Å². The van der Waals surface area contributed by atoms with E-state index in [1.54, 1.807) is 0 Å². The average Bonchev–Trinajstić information content (AvgIpc) is 2.79. The molecule has 2 rings (SSSR count). The van der Waals surface area contributed by atoms with E-state index in [1.165, 1.54) is 23.0 Å². The zero-order valence-corrected chi connectivity index (χ0v) is 14.4. The smallest absolute Gasteiger partial charge is 0.0719 e. The standard InChI is InChI=1S/C17H27N3S/c1-5-10-18-14(12-21-13(2)3)11-16-15-8-6-7-9-17(15)20(4)19-16/h6-9,13-14,18H,5,10-12H2,1-4H3. The van der Waals surface area contributed by atoms with Crippen LogP contribution in [0.5, 0.6) is 0 Å². The lowest BCUT2D eigenvalue weighted by atomic mass is 10.1. The highest BCUT2D eigenvalue weighted by molar-refractivity contribution is 7.99. The van der Waals surface area contributed by atoms with Gasteiger partial charge in [0.1, 0.15) is 0 Å². The maximum Gasteiger partial charge on any atom is 0.0719 e. The Morgan fingerprint density at radius 2 is 2.05 bits per heavy atom. The number of aromatic nitrogens is 2. The molecule has 0 amide bonds. The fourth-order valence-corrected chi connectivity index (χ4v) is 3.37. The molecule has 0 radical (unpaired) electrons. The van der Waals surface area contributed by atoms with Gasteiger partial charge < -0.3 is 5.32 Å². The van der Waals surface area contributed by atoms with Crippen molar-refractivity contribution in [3.05, 3.63) is 30.0 Å². The summed E-state index contributed by atoms with van der Waals surface area (Å²) in [6, 6.07) is 9.00. The lowest BCUT2D eigenvalue weighted by Crippen LogP contribution is -2.34. The summed E-state index contributed by atoms with van der Waals surface area (Å²) < 4.78 is 2.00. The van der Waals surface area contributed by atoms with Gasteiger partial charge >= 0.3 is 0 Å². The Morgan fingerprint density at radius 3 is 2.76 bits per heavy atom. The van der Waals surface area contributed by atoms with Gasteiger partial charge in [0.2, 0.25) is 0 Å². The summed E-state index contributed by atoms with van der Waals surface area (Å²) in [5, 5.41) is 10.4. The van der Waals surface area contributed by atoms with Gasteiger partial charge in [0, 0.05) is 30.6 Å². The lowest BCUT2D eigenvalue weighted by molar-refractivity contribution is 0.542. The van der Waals surface area contributed by atoms with Crippen LogP contribution >= 0.6 is 11.8 Å². The number of rotatable bonds is 8. The molecular weight excluding hydrogens is 278 g/mol. The highest BCUT2D eigenvalue weighted by atomic mass is 32.2. The summed E-state index contributed by atoms with van der Waals surface area (Å²) in [6.07, 6.45) is 2.17. The quantitative estimate of drug-likeness (QED) is 0.808. The van der Waals surface area contributed by atoms with E-state index in [1.807, 2.05) is 23.5 Å². The van der Waals surface area contributed by atoms with E-state index in [-0.39, 0.29) is 0 Å². The number of nitrogens with one attached hydrogen (secondary N) is 1. The maximum atomic E-state index is 4.73. The van der Waals surface area contributed by atoms with E-state index in [0.717, 1.165) is 18.7 Å². The summed E-state index contributed by atoms with van der Waals surface area (Å²) in [5.74, 6) is 1.14. The van der Waals surface area contributed by atoms with Crippen LogP contribution in [0.25, 0.3) is 10.9 Å². The molecule has 1 aromatic carbocycles. The first-order chi connectivity index (χ1) is 10.1. The van der Waals surface area contributed by atoms with Gasteiger partial charge in [-0.25, -0.2) is 0 Å². The van der Waals surface area contributed by atoms with Crippen molar-refractivity contribution in [2.24, 2.45) is 7.05 Å². The van der Waals surface area contributed by atoms with Crippen LogP contribution < -0.4 is 5.32 Å². The molecule has 4 heteroatoms. The highest BCUT2D eigenvalue weighted by Gasteiger charge is 2.15. The highest BCUT2D eigenvalue weighted by Crippen LogP contribution is 2.20. The molecule has 21 heavy (non-hydrogen) atoms. The van der Waals surface area contributed by atoms with Crippen LogP contribution in [0.3, 0.4) is 0 Å². The number of hydrogen-bond donors (Lipinski definition) is 1. The number of thioether (sulfide) groups is 1. The Kier molecular flexibility index (Phi) is 6.12. The van der Waals surface area contributed by atoms with Crippen molar-refractivity contribution >= 4 is 22.7 Å². The molecule has 1 unspecified atom stereocenters. The molecule has 1 N–H and O–H groups in total. The Balaban J connectivity index is 2.13. The molecule has 0 aliphatic rings. The van der Waals surface area contributed by atoms with Gasteiger partial charge in [0.05, 0.1) is 11.2 Å². The Labute approximate surface area is 132 Å². The monoisotopic (exact) mass is 305 g/mol. The van der Waals surface area contributed by atoms with Gasteiger partial charge in [-0.2, -0.15) is 16.9 Å². The summed E-state index contributed by atoms with van der Waals surface area (Å²) in [6.45, 7) is 7.82. The average molecular weight is 305 g/mol. The normalized spacial score (nSPS) is 13.2. The van der Waals surface area contributed by atoms with Crippen molar-refractivity contribution < 1.29 is 0 Å². The van der Waals surface area contributed by atoms with Gasteiger partial charge in [-0.1, -0.05) is 39.0 Å². The zero-order chi connectivity index (χ0) is 15.2. The van der Waals surface area contributed by atoms with Crippen molar-refractivity contribution in [2.75, 3.05) is 12.3 Å². The van der Waals surface area contributed by atoms with E-state index >= 15 is 0 Å². The van der Waals surface area contributed by atoms with Crippen molar-refractivity contribution in [2.45, 2.75) is 44.9 Å². The molecule has 0 spiro atoms. The minimum absolute atomic E-state index is 0.496. The number of aryl methyl sites for hydroxylation is 1. The first kappa shape index (κ1) is 16.4. The second kappa shape index (κ2) is 7.85. The van der Waals surface area contributed by atoms with E-state index in [2.05, 4.69) is 50.4 Å². The minimum atomic E-state index is 0.496. The molecule has 0 aliphatic heterocycles. The molecule has 0 saturated carbocycles. The third kappa shape index (κ3) is 4.48.